The van der Waals surface area contributed by atoms with Crippen molar-refractivity contribution in [2.75, 3.05) is 5.75 Å². The molecular weight excluding hydrogens is 349 g/mol. The molecule has 2 rings (SSSR count). The Balaban J connectivity index is 2.40. The number of halogens is 1. The number of benzene rings is 1. The van der Waals surface area contributed by atoms with Gasteiger partial charge in [0.25, 0.3) is 0 Å². The van der Waals surface area contributed by atoms with Gasteiger partial charge in [-0.1, -0.05) is 19.1 Å². The molecule has 8 heteroatoms. The molecule has 0 aromatic heterocycles. The normalized spacial score (nSPS) is 26.0. The molecular formula is C17H22FNO5S. The van der Waals surface area contributed by atoms with Crippen LogP contribution >= 0.6 is 0 Å². The topological polar surface area (TPSA) is 89.5 Å². The number of hydrogen-bond acceptors (Lipinski definition) is 5. The third-order valence-corrected chi connectivity index (χ3v) is 6.35. The van der Waals surface area contributed by atoms with Crippen LogP contribution in [0, 0.1) is 5.82 Å². The van der Waals surface area contributed by atoms with E-state index in [1.807, 2.05) is 0 Å². The lowest BCUT2D eigenvalue weighted by Gasteiger charge is -2.22. The minimum atomic E-state index is -3.64. The van der Waals surface area contributed by atoms with Crippen molar-refractivity contribution in [2.24, 2.45) is 0 Å². The van der Waals surface area contributed by atoms with Crippen molar-refractivity contribution in [1.82, 2.24) is 5.32 Å². The molecule has 3 atom stereocenters. The quantitative estimate of drug-likeness (QED) is 0.802. The third-order valence-electron chi connectivity index (χ3n) is 4.11. The molecule has 1 aromatic rings. The lowest BCUT2D eigenvalue weighted by Crippen LogP contribution is -2.45. The van der Waals surface area contributed by atoms with Crippen LogP contribution in [0.2, 0.25) is 0 Å². The molecule has 25 heavy (non-hydrogen) atoms. The number of sulfone groups is 1. The lowest BCUT2D eigenvalue weighted by atomic mass is 10.1. The Labute approximate surface area is 146 Å². The maximum absolute atomic E-state index is 13.2. The van der Waals surface area contributed by atoms with Gasteiger partial charge in [0.05, 0.1) is 0 Å². The molecule has 1 aliphatic rings. The second-order valence-electron chi connectivity index (χ2n) is 7.08. The number of hydrogen-bond donors (Lipinski definition) is 1. The molecule has 0 radical (unpaired) electrons. The van der Waals surface area contributed by atoms with Gasteiger partial charge in [0.1, 0.15) is 28.5 Å². The van der Waals surface area contributed by atoms with Crippen molar-refractivity contribution in [2.45, 2.75) is 50.0 Å². The van der Waals surface area contributed by atoms with Gasteiger partial charge in [-0.05, 0) is 38.5 Å². The maximum Gasteiger partial charge on any atom is 0.408 e. The summed E-state index contributed by atoms with van der Waals surface area (Å²) in [6, 6.07) is 5.21. The van der Waals surface area contributed by atoms with Crippen LogP contribution in [0.15, 0.2) is 24.3 Å². The molecule has 1 amide bonds. The SMILES string of the molecule is CCS(=O)(=O)[C@H]1[C@H](c2ccc(F)cc2)[C@@]1(C=O)NC(=O)OC(C)(C)C. The van der Waals surface area contributed by atoms with E-state index in [9.17, 15) is 22.4 Å². The van der Waals surface area contributed by atoms with E-state index in [4.69, 9.17) is 4.74 Å². The molecule has 1 saturated carbocycles. The van der Waals surface area contributed by atoms with Gasteiger partial charge in [-0.2, -0.15) is 0 Å². The van der Waals surface area contributed by atoms with E-state index in [-0.39, 0.29) is 5.75 Å². The third kappa shape index (κ3) is 3.84. The zero-order chi connectivity index (χ0) is 19.0. The summed E-state index contributed by atoms with van der Waals surface area (Å²) < 4.78 is 43.2. The average molecular weight is 371 g/mol. The number of aldehydes is 1. The van der Waals surface area contributed by atoms with Crippen molar-refractivity contribution < 1.29 is 27.1 Å². The highest BCUT2D eigenvalue weighted by molar-refractivity contribution is 7.92. The van der Waals surface area contributed by atoms with Crippen molar-refractivity contribution in [1.29, 1.82) is 0 Å². The number of rotatable bonds is 5. The van der Waals surface area contributed by atoms with Crippen LogP contribution in [0.25, 0.3) is 0 Å². The highest BCUT2D eigenvalue weighted by Crippen LogP contribution is 2.55. The predicted octanol–water partition coefficient (Wildman–Crippen LogP) is 2.19. The summed E-state index contributed by atoms with van der Waals surface area (Å²) in [5.41, 5.74) is -1.95. The van der Waals surface area contributed by atoms with E-state index in [1.165, 1.54) is 31.2 Å². The van der Waals surface area contributed by atoms with Gasteiger partial charge in [0.2, 0.25) is 0 Å². The molecule has 0 spiro atoms. The standard InChI is InChI=1S/C17H22FNO5S/c1-5-25(22,23)14-13(11-6-8-12(18)9-7-11)17(14,10-20)19-15(21)24-16(2,3)4/h6-10,13-14H,5H2,1-4H3,(H,19,21)/t13-,14-,17+/m0/s1. The van der Waals surface area contributed by atoms with Gasteiger partial charge in [0.15, 0.2) is 9.84 Å². The summed E-state index contributed by atoms with van der Waals surface area (Å²) in [4.78, 5) is 23.9. The molecule has 138 valence electrons. The smallest absolute Gasteiger partial charge is 0.408 e. The first kappa shape index (κ1) is 19.4. The van der Waals surface area contributed by atoms with Gasteiger partial charge in [-0.15, -0.1) is 0 Å². The summed E-state index contributed by atoms with van der Waals surface area (Å²) in [5.74, 6) is -1.44. The van der Waals surface area contributed by atoms with E-state index in [0.29, 0.717) is 11.8 Å². The zero-order valence-corrected chi connectivity index (χ0v) is 15.4. The maximum atomic E-state index is 13.2. The van der Waals surface area contributed by atoms with Crippen molar-refractivity contribution in [3.05, 3.63) is 35.6 Å². The van der Waals surface area contributed by atoms with Crippen LogP contribution in [-0.2, 0) is 19.4 Å². The Morgan fingerprint density at radius 1 is 1.32 bits per heavy atom. The first-order chi connectivity index (χ1) is 11.5. The van der Waals surface area contributed by atoms with E-state index in [1.54, 1.807) is 20.8 Å². The fraction of sp³-hybridized carbons (Fsp3) is 0.529. The highest BCUT2D eigenvalue weighted by Gasteiger charge is 2.72. The van der Waals surface area contributed by atoms with Crippen LogP contribution < -0.4 is 5.32 Å². The van der Waals surface area contributed by atoms with Crippen molar-refractivity contribution in [3.63, 3.8) is 0 Å². The Hall–Kier alpha value is -1.96. The largest absolute Gasteiger partial charge is 0.444 e. The summed E-state index contributed by atoms with van der Waals surface area (Å²) in [6.07, 6.45) is -0.441. The average Bonchev–Trinajstić information content (AvgIpc) is 3.15. The monoisotopic (exact) mass is 371 g/mol. The Bertz CT molecular complexity index is 769. The minimum absolute atomic E-state index is 0.180. The van der Waals surface area contributed by atoms with Crippen molar-refractivity contribution in [3.8, 4) is 0 Å². The van der Waals surface area contributed by atoms with Crippen LogP contribution in [-0.4, -0.2) is 42.9 Å². The molecule has 0 aliphatic heterocycles. The van der Waals surface area contributed by atoms with Gasteiger partial charge >= 0.3 is 6.09 Å². The van der Waals surface area contributed by atoms with E-state index < -0.39 is 44.1 Å². The van der Waals surface area contributed by atoms with E-state index in [2.05, 4.69) is 5.32 Å². The van der Waals surface area contributed by atoms with Gasteiger partial charge in [0, 0.05) is 11.7 Å². The number of alkyl carbamates (subject to hydrolysis) is 1. The van der Waals surface area contributed by atoms with Gasteiger partial charge < -0.3 is 14.8 Å². The predicted molar refractivity (Wildman–Crippen MR) is 90.6 cm³/mol. The second kappa shape index (κ2) is 6.40. The molecule has 0 heterocycles. The van der Waals surface area contributed by atoms with Crippen molar-refractivity contribution >= 4 is 22.2 Å². The second-order valence-corrected chi connectivity index (χ2v) is 9.49. The number of carbonyl (C=O) groups excluding carboxylic acids is 2. The Kier molecular flexibility index (Phi) is 4.96. The van der Waals surface area contributed by atoms with Crippen LogP contribution in [0.4, 0.5) is 9.18 Å². The summed E-state index contributed by atoms with van der Waals surface area (Å²) in [7, 11) is -3.64. The highest BCUT2D eigenvalue weighted by atomic mass is 32.2. The Morgan fingerprint density at radius 2 is 1.88 bits per heavy atom. The molecule has 0 saturated heterocycles. The molecule has 1 aromatic carbocycles. The molecule has 1 aliphatic carbocycles. The number of carbonyl (C=O) groups is 2. The first-order valence-electron chi connectivity index (χ1n) is 7.91. The fourth-order valence-electron chi connectivity index (χ4n) is 2.98. The first-order valence-corrected chi connectivity index (χ1v) is 9.63. The fourth-order valence-corrected chi connectivity index (χ4v) is 4.91. The Morgan fingerprint density at radius 3 is 2.32 bits per heavy atom. The zero-order valence-electron chi connectivity index (χ0n) is 14.6. The molecule has 1 fully saturated rings. The summed E-state index contributed by atoms with van der Waals surface area (Å²) in [6.45, 7) is 6.44. The lowest BCUT2D eigenvalue weighted by molar-refractivity contribution is -0.110. The molecule has 0 bridgehead atoms. The van der Waals surface area contributed by atoms with Crippen LogP contribution in [0.1, 0.15) is 39.2 Å². The number of amides is 1. The summed E-state index contributed by atoms with van der Waals surface area (Å²) in [5, 5.41) is 1.31. The van der Waals surface area contributed by atoms with E-state index >= 15 is 0 Å². The van der Waals surface area contributed by atoms with Crippen LogP contribution in [0.5, 0.6) is 0 Å². The van der Waals surface area contributed by atoms with E-state index in [0.717, 1.165) is 0 Å². The number of nitrogens with one attached hydrogen (secondary N) is 1. The molecule has 0 unspecified atom stereocenters. The van der Waals surface area contributed by atoms with Gasteiger partial charge in [-0.3, -0.25) is 0 Å². The number of ether oxygens (including phenoxy) is 1. The summed E-state index contributed by atoms with van der Waals surface area (Å²) >= 11 is 0. The van der Waals surface area contributed by atoms with Gasteiger partial charge in [-0.25, -0.2) is 17.6 Å². The molecule has 1 N–H and O–H groups in total. The molecule has 6 nitrogen and oxygen atoms in total. The van der Waals surface area contributed by atoms with Crippen LogP contribution in [0.3, 0.4) is 0 Å². The minimum Gasteiger partial charge on any atom is -0.444 e.